The molecule has 0 spiro atoms. The first-order chi connectivity index (χ1) is 14.2. The van der Waals surface area contributed by atoms with Gasteiger partial charge in [-0.1, -0.05) is 12.1 Å². The Morgan fingerprint density at radius 3 is 2.33 bits per heavy atom. The smallest absolute Gasteiger partial charge is 0.264 e. The van der Waals surface area contributed by atoms with E-state index in [0.29, 0.717) is 24.5 Å². The molecule has 0 aliphatic carbocycles. The van der Waals surface area contributed by atoms with Gasteiger partial charge in [-0.05, 0) is 62.7 Å². The first kappa shape index (κ1) is 22.1. The Kier molecular flexibility index (Phi) is 6.67. The molecule has 0 saturated carbocycles. The van der Waals surface area contributed by atoms with Crippen LogP contribution in [0.25, 0.3) is 0 Å². The van der Waals surface area contributed by atoms with E-state index in [4.69, 9.17) is 9.47 Å². The predicted molar refractivity (Wildman–Crippen MR) is 115 cm³/mol. The monoisotopic (exact) mass is 432 g/mol. The van der Waals surface area contributed by atoms with Crippen molar-refractivity contribution < 1.29 is 22.7 Å². The molecule has 8 heteroatoms. The fourth-order valence-corrected chi connectivity index (χ4v) is 5.09. The van der Waals surface area contributed by atoms with Gasteiger partial charge in [-0.15, -0.1) is 0 Å². The number of amides is 1. The lowest BCUT2D eigenvalue weighted by Gasteiger charge is -2.36. The minimum Gasteiger partial charge on any atom is -0.497 e. The average molecular weight is 433 g/mol. The molecular formula is C22H28N2O5S. The zero-order chi connectivity index (χ0) is 21.9. The summed E-state index contributed by atoms with van der Waals surface area (Å²) in [6.45, 7) is 6.22. The minimum atomic E-state index is -3.94. The number of sulfonamides is 1. The van der Waals surface area contributed by atoms with Crippen LogP contribution >= 0.6 is 0 Å². The fraction of sp³-hybridized carbons (Fsp3) is 0.409. The van der Waals surface area contributed by atoms with E-state index in [1.807, 2.05) is 26.8 Å². The van der Waals surface area contributed by atoms with Gasteiger partial charge in [0.05, 0.1) is 29.9 Å². The van der Waals surface area contributed by atoms with Crippen molar-refractivity contribution in [3.63, 3.8) is 0 Å². The number of rotatable bonds is 6. The van der Waals surface area contributed by atoms with Gasteiger partial charge in [-0.3, -0.25) is 9.10 Å². The van der Waals surface area contributed by atoms with E-state index >= 15 is 0 Å². The molecule has 0 radical (unpaired) electrons. The van der Waals surface area contributed by atoms with E-state index in [2.05, 4.69) is 0 Å². The number of hydrogen-bond acceptors (Lipinski definition) is 5. The molecule has 1 heterocycles. The van der Waals surface area contributed by atoms with Crippen molar-refractivity contribution >= 4 is 21.6 Å². The normalized spacial score (nSPS) is 19.4. The van der Waals surface area contributed by atoms with Crippen LogP contribution in [0.5, 0.6) is 5.75 Å². The summed E-state index contributed by atoms with van der Waals surface area (Å²) >= 11 is 0. The number of carbonyl (C=O) groups is 1. The van der Waals surface area contributed by atoms with Crippen LogP contribution < -0.4 is 9.04 Å². The molecule has 1 amide bonds. The van der Waals surface area contributed by atoms with E-state index < -0.39 is 10.0 Å². The van der Waals surface area contributed by atoms with Gasteiger partial charge in [0.25, 0.3) is 10.0 Å². The number of aryl methyl sites for hydroxylation is 1. The number of ether oxygens (including phenoxy) is 2. The molecule has 1 aliphatic rings. The van der Waals surface area contributed by atoms with Crippen molar-refractivity contribution in [1.82, 2.24) is 4.90 Å². The zero-order valence-corrected chi connectivity index (χ0v) is 18.6. The summed E-state index contributed by atoms with van der Waals surface area (Å²) in [5, 5.41) is 0. The number of benzene rings is 2. The van der Waals surface area contributed by atoms with Crippen LogP contribution in [-0.2, 0) is 19.6 Å². The highest BCUT2D eigenvalue weighted by Gasteiger charge is 2.32. The van der Waals surface area contributed by atoms with Gasteiger partial charge < -0.3 is 14.4 Å². The molecular weight excluding hydrogens is 404 g/mol. The Labute approximate surface area is 178 Å². The van der Waals surface area contributed by atoms with Crippen molar-refractivity contribution in [2.75, 3.05) is 31.0 Å². The summed E-state index contributed by atoms with van der Waals surface area (Å²) < 4.78 is 39.0. The molecule has 7 nitrogen and oxygen atoms in total. The first-order valence-electron chi connectivity index (χ1n) is 9.87. The summed E-state index contributed by atoms with van der Waals surface area (Å²) in [6, 6.07) is 13.3. The second-order valence-electron chi connectivity index (χ2n) is 7.58. The first-order valence-corrected chi connectivity index (χ1v) is 11.3. The van der Waals surface area contributed by atoms with E-state index in [-0.39, 0.29) is 29.6 Å². The quantitative estimate of drug-likeness (QED) is 0.702. The molecule has 30 heavy (non-hydrogen) atoms. The molecule has 0 aromatic heterocycles. The molecule has 1 aliphatic heterocycles. The van der Waals surface area contributed by atoms with Gasteiger partial charge in [-0.25, -0.2) is 8.42 Å². The van der Waals surface area contributed by atoms with E-state index in [1.54, 1.807) is 54.5 Å². The molecule has 1 fully saturated rings. The van der Waals surface area contributed by atoms with Crippen LogP contribution in [0, 0.1) is 6.92 Å². The van der Waals surface area contributed by atoms with Crippen molar-refractivity contribution in [1.29, 1.82) is 0 Å². The Bertz CT molecular complexity index is 981. The number of carbonyl (C=O) groups excluding carboxylic acids is 1. The Balaban J connectivity index is 1.96. The minimum absolute atomic E-state index is 0.0967. The lowest BCUT2D eigenvalue weighted by molar-refractivity contribution is -0.141. The summed E-state index contributed by atoms with van der Waals surface area (Å²) in [5.74, 6) is 0.345. The van der Waals surface area contributed by atoms with Crippen LogP contribution in [0.3, 0.4) is 0 Å². The SMILES string of the molecule is COc1ccc(N(CC(=O)N2CC(C)OC(C)C2)S(=O)(=O)c2cccc(C)c2)cc1. The van der Waals surface area contributed by atoms with Gasteiger partial charge in [0.1, 0.15) is 12.3 Å². The Morgan fingerprint density at radius 2 is 1.77 bits per heavy atom. The van der Waals surface area contributed by atoms with Gasteiger partial charge in [0.15, 0.2) is 0 Å². The largest absolute Gasteiger partial charge is 0.497 e. The molecule has 2 unspecified atom stereocenters. The molecule has 1 saturated heterocycles. The Morgan fingerprint density at radius 1 is 1.13 bits per heavy atom. The lowest BCUT2D eigenvalue weighted by Crippen LogP contribution is -2.51. The van der Waals surface area contributed by atoms with Crippen LogP contribution in [0.1, 0.15) is 19.4 Å². The molecule has 3 rings (SSSR count). The van der Waals surface area contributed by atoms with Crippen LogP contribution in [0.2, 0.25) is 0 Å². The van der Waals surface area contributed by atoms with Gasteiger partial charge >= 0.3 is 0 Å². The average Bonchev–Trinajstić information content (AvgIpc) is 2.71. The maximum atomic E-state index is 13.5. The van der Waals surface area contributed by atoms with Gasteiger partial charge in [0, 0.05) is 13.1 Å². The number of hydrogen-bond donors (Lipinski definition) is 0. The second kappa shape index (κ2) is 9.06. The predicted octanol–water partition coefficient (Wildman–Crippen LogP) is 2.83. The molecule has 0 N–H and O–H groups in total. The van der Waals surface area contributed by atoms with Crippen molar-refractivity contribution in [2.24, 2.45) is 0 Å². The van der Waals surface area contributed by atoms with Gasteiger partial charge in [-0.2, -0.15) is 0 Å². The second-order valence-corrected chi connectivity index (χ2v) is 9.44. The van der Waals surface area contributed by atoms with Crippen LogP contribution in [0.15, 0.2) is 53.4 Å². The maximum Gasteiger partial charge on any atom is 0.264 e. The van der Waals surface area contributed by atoms with E-state index in [9.17, 15) is 13.2 Å². The number of nitrogens with zero attached hydrogens (tertiary/aromatic N) is 2. The highest BCUT2D eigenvalue weighted by atomic mass is 32.2. The summed E-state index contributed by atoms with van der Waals surface area (Å²) in [7, 11) is -2.40. The third-order valence-electron chi connectivity index (χ3n) is 4.99. The van der Waals surface area contributed by atoms with E-state index in [1.165, 1.54) is 0 Å². The van der Waals surface area contributed by atoms with Crippen molar-refractivity contribution in [3.05, 3.63) is 54.1 Å². The van der Waals surface area contributed by atoms with E-state index in [0.717, 1.165) is 9.87 Å². The fourth-order valence-electron chi connectivity index (χ4n) is 3.57. The highest BCUT2D eigenvalue weighted by Crippen LogP contribution is 2.26. The highest BCUT2D eigenvalue weighted by molar-refractivity contribution is 7.92. The molecule has 2 atom stereocenters. The maximum absolute atomic E-state index is 13.5. The summed E-state index contributed by atoms with van der Waals surface area (Å²) in [6.07, 6.45) is -0.193. The number of anilines is 1. The van der Waals surface area contributed by atoms with Gasteiger partial charge in [0.2, 0.25) is 5.91 Å². The summed E-state index contributed by atoms with van der Waals surface area (Å²) in [5.41, 5.74) is 1.23. The van der Waals surface area contributed by atoms with Crippen LogP contribution in [-0.4, -0.2) is 58.2 Å². The lowest BCUT2D eigenvalue weighted by atomic mass is 10.2. The molecule has 162 valence electrons. The van der Waals surface area contributed by atoms with Crippen molar-refractivity contribution in [2.45, 2.75) is 37.9 Å². The molecule has 2 aromatic rings. The third-order valence-corrected chi connectivity index (χ3v) is 6.76. The number of methoxy groups -OCH3 is 1. The third kappa shape index (κ3) is 4.94. The van der Waals surface area contributed by atoms with Crippen molar-refractivity contribution in [3.8, 4) is 5.75 Å². The molecule has 2 aromatic carbocycles. The standard InChI is InChI=1S/C22H28N2O5S/c1-16-6-5-7-21(12-16)30(26,27)24(19-8-10-20(28-4)11-9-19)15-22(25)23-13-17(2)29-18(3)14-23/h5-12,17-18H,13-15H2,1-4H3. The Hall–Kier alpha value is -2.58. The molecule has 0 bridgehead atoms. The zero-order valence-electron chi connectivity index (χ0n) is 17.7. The summed E-state index contributed by atoms with van der Waals surface area (Å²) in [4.78, 5) is 14.9. The number of morpholine rings is 1. The van der Waals surface area contributed by atoms with Crippen LogP contribution in [0.4, 0.5) is 5.69 Å². The topological polar surface area (TPSA) is 76.2 Å².